The van der Waals surface area contributed by atoms with Crippen molar-refractivity contribution in [1.29, 1.82) is 0 Å². The molecule has 0 saturated heterocycles. The number of nitrogens with zero attached hydrogens (tertiary/aromatic N) is 2. The van der Waals surface area contributed by atoms with E-state index >= 15 is 0 Å². The normalized spacial score (nSPS) is 10.9. The highest BCUT2D eigenvalue weighted by molar-refractivity contribution is 7.99. The second kappa shape index (κ2) is 5.01. The summed E-state index contributed by atoms with van der Waals surface area (Å²) in [6.07, 6.45) is 1.57. The Labute approximate surface area is 107 Å². The molecule has 0 aliphatic heterocycles. The standard InChI is InChI=1S/C11H12N2O2S2/c1-6-7(2)17-11-9(6)10(12-5-13-11)16-4-3-8(14)15/h5H,3-4H2,1-2H3,(H,14,15)/p-1. The lowest BCUT2D eigenvalue weighted by atomic mass is 10.2. The molecule has 2 aromatic heterocycles. The maximum Gasteiger partial charge on any atom is 0.128 e. The maximum atomic E-state index is 10.4. The summed E-state index contributed by atoms with van der Waals surface area (Å²) < 4.78 is 0. The molecule has 0 spiro atoms. The van der Waals surface area contributed by atoms with Gasteiger partial charge in [0, 0.05) is 22.0 Å². The zero-order chi connectivity index (χ0) is 12.4. The number of carboxylic acids is 1. The van der Waals surface area contributed by atoms with Gasteiger partial charge in [-0.05, 0) is 25.8 Å². The topological polar surface area (TPSA) is 65.9 Å². The minimum Gasteiger partial charge on any atom is -0.550 e. The summed E-state index contributed by atoms with van der Waals surface area (Å²) in [6.45, 7) is 4.09. The number of hydrogen-bond acceptors (Lipinski definition) is 6. The number of hydrogen-bond donors (Lipinski definition) is 0. The van der Waals surface area contributed by atoms with Gasteiger partial charge in [-0.1, -0.05) is 0 Å². The van der Waals surface area contributed by atoms with Crippen LogP contribution in [0.3, 0.4) is 0 Å². The lowest BCUT2D eigenvalue weighted by Crippen LogP contribution is -2.22. The summed E-state index contributed by atoms with van der Waals surface area (Å²) in [5.41, 5.74) is 1.18. The number of thiophene rings is 1. The lowest BCUT2D eigenvalue weighted by molar-refractivity contribution is -0.305. The molecule has 17 heavy (non-hydrogen) atoms. The van der Waals surface area contributed by atoms with Gasteiger partial charge < -0.3 is 9.90 Å². The number of carbonyl (C=O) groups is 1. The van der Waals surface area contributed by atoms with Crippen molar-refractivity contribution in [2.75, 3.05) is 5.75 Å². The summed E-state index contributed by atoms with van der Waals surface area (Å²) in [6, 6.07) is 0. The van der Waals surface area contributed by atoms with Crippen LogP contribution in [0.25, 0.3) is 10.2 Å². The molecular formula is C11H11N2O2S2-. The predicted molar refractivity (Wildman–Crippen MR) is 67.2 cm³/mol. The van der Waals surface area contributed by atoms with E-state index in [2.05, 4.69) is 16.9 Å². The van der Waals surface area contributed by atoms with Crippen molar-refractivity contribution in [1.82, 2.24) is 9.97 Å². The molecule has 0 aliphatic rings. The molecule has 4 nitrogen and oxygen atoms in total. The van der Waals surface area contributed by atoms with E-state index in [4.69, 9.17) is 0 Å². The molecule has 90 valence electrons. The smallest absolute Gasteiger partial charge is 0.128 e. The molecule has 0 fully saturated rings. The first-order valence-electron chi connectivity index (χ1n) is 5.13. The van der Waals surface area contributed by atoms with Crippen LogP contribution in [0, 0.1) is 13.8 Å². The molecule has 0 saturated carbocycles. The van der Waals surface area contributed by atoms with Gasteiger partial charge in [0.25, 0.3) is 0 Å². The Morgan fingerprint density at radius 2 is 2.24 bits per heavy atom. The molecule has 2 heterocycles. The van der Waals surface area contributed by atoms with Crippen LogP contribution in [0.5, 0.6) is 0 Å². The molecule has 0 atom stereocenters. The molecule has 6 heteroatoms. The number of fused-ring (bicyclic) bond motifs is 1. The number of aromatic nitrogens is 2. The average Bonchev–Trinajstić information content (AvgIpc) is 2.55. The van der Waals surface area contributed by atoms with E-state index in [1.807, 2.05) is 6.92 Å². The van der Waals surface area contributed by atoms with Crippen molar-refractivity contribution in [2.24, 2.45) is 0 Å². The van der Waals surface area contributed by atoms with E-state index in [0.717, 1.165) is 15.2 Å². The summed E-state index contributed by atoms with van der Waals surface area (Å²) >= 11 is 3.08. The van der Waals surface area contributed by atoms with E-state index in [9.17, 15) is 9.90 Å². The zero-order valence-corrected chi connectivity index (χ0v) is 11.2. The highest BCUT2D eigenvalue weighted by Gasteiger charge is 2.11. The van der Waals surface area contributed by atoms with E-state index in [1.165, 1.54) is 28.5 Å². The molecule has 0 aliphatic carbocycles. The fraction of sp³-hybridized carbons (Fsp3) is 0.364. The third kappa shape index (κ3) is 2.58. The average molecular weight is 267 g/mol. The molecule has 0 unspecified atom stereocenters. The number of thioether (sulfide) groups is 1. The summed E-state index contributed by atoms with van der Waals surface area (Å²) in [4.78, 5) is 21.0. The Morgan fingerprint density at radius 1 is 1.47 bits per heavy atom. The third-order valence-electron chi connectivity index (χ3n) is 2.48. The van der Waals surface area contributed by atoms with Gasteiger partial charge in [-0.2, -0.15) is 0 Å². The van der Waals surface area contributed by atoms with Gasteiger partial charge in [0.1, 0.15) is 16.2 Å². The molecule has 0 bridgehead atoms. The van der Waals surface area contributed by atoms with Gasteiger partial charge >= 0.3 is 0 Å². The van der Waals surface area contributed by atoms with Crippen molar-refractivity contribution in [3.63, 3.8) is 0 Å². The summed E-state index contributed by atoms with van der Waals surface area (Å²) in [7, 11) is 0. The van der Waals surface area contributed by atoms with E-state index < -0.39 is 5.97 Å². The summed E-state index contributed by atoms with van der Waals surface area (Å²) in [5, 5.41) is 12.3. The first kappa shape index (κ1) is 12.3. The fourth-order valence-corrected chi connectivity index (χ4v) is 3.53. The third-order valence-corrected chi connectivity index (χ3v) is 4.58. The van der Waals surface area contributed by atoms with Gasteiger partial charge in [0.05, 0.1) is 0 Å². The Bertz CT molecular complexity index is 566. The van der Waals surface area contributed by atoms with Crippen molar-refractivity contribution in [3.05, 3.63) is 16.8 Å². The minimum atomic E-state index is -1.03. The summed E-state index contributed by atoms with van der Waals surface area (Å²) in [5.74, 6) is -0.552. The van der Waals surface area contributed by atoms with Gasteiger partial charge in [-0.3, -0.25) is 0 Å². The fourth-order valence-electron chi connectivity index (χ4n) is 1.49. The number of rotatable bonds is 4. The Hall–Kier alpha value is -1.14. The highest BCUT2D eigenvalue weighted by atomic mass is 32.2. The van der Waals surface area contributed by atoms with Gasteiger partial charge in [-0.15, -0.1) is 23.1 Å². The van der Waals surface area contributed by atoms with Gasteiger partial charge in [-0.25, -0.2) is 9.97 Å². The van der Waals surface area contributed by atoms with Crippen LogP contribution in [0.15, 0.2) is 11.4 Å². The SMILES string of the molecule is Cc1sc2ncnc(SCCC(=O)[O-])c2c1C. The van der Waals surface area contributed by atoms with Crippen LogP contribution in [0.2, 0.25) is 0 Å². The van der Waals surface area contributed by atoms with E-state index in [-0.39, 0.29) is 6.42 Å². The Kier molecular flexibility index (Phi) is 3.63. The second-order valence-corrected chi connectivity index (χ2v) is 5.90. The molecule has 2 rings (SSSR count). The first-order chi connectivity index (χ1) is 8.09. The van der Waals surface area contributed by atoms with E-state index in [0.29, 0.717) is 5.75 Å². The number of carboxylic acid groups (broad SMARTS) is 1. The van der Waals surface area contributed by atoms with Gasteiger partial charge in [0.15, 0.2) is 0 Å². The van der Waals surface area contributed by atoms with Crippen molar-refractivity contribution in [3.8, 4) is 0 Å². The van der Waals surface area contributed by atoms with Crippen LogP contribution in [-0.4, -0.2) is 21.7 Å². The second-order valence-electron chi connectivity index (χ2n) is 3.61. The lowest BCUT2D eigenvalue weighted by Gasteiger charge is -2.03. The minimum absolute atomic E-state index is 0.0400. The van der Waals surface area contributed by atoms with Crippen molar-refractivity contribution >= 4 is 39.3 Å². The first-order valence-corrected chi connectivity index (χ1v) is 6.93. The van der Waals surface area contributed by atoms with Gasteiger partial charge in [0.2, 0.25) is 0 Å². The van der Waals surface area contributed by atoms with Crippen LogP contribution < -0.4 is 5.11 Å². The van der Waals surface area contributed by atoms with Crippen molar-refractivity contribution < 1.29 is 9.90 Å². The number of aryl methyl sites for hydroxylation is 2. The predicted octanol–water partition coefficient (Wildman–Crippen LogP) is 1.54. The maximum absolute atomic E-state index is 10.4. The molecule has 0 amide bonds. The molecular weight excluding hydrogens is 256 g/mol. The highest BCUT2D eigenvalue weighted by Crippen LogP contribution is 2.34. The molecule has 0 aromatic carbocycles. The largest absolute Gasteiger partial charge is 0.550 e. The number of aliphatic carboxylic acids is 1. The van der Waals surface area contributed by atoms with Crippen LogP contribution >= 0.6 is 23.1 Å². The molecule has 2 aromatic rings. The Balaban J connectivity index is 2.30. The van der Waals surface area contributed by atoms with Crippen molar-refractivity contribution in [2.45, 2.75) is 25.3 Å². The van der Waals surface area contributed by atoms with Crippen LogP contribution in [0.4, 0.5) is 0 Å². The number of carbonyl (C=O) groups excluding carboxylic acids is 1. The van der Waals surface area contributed by atoms with Crippen LogP contribution in [0.1, 0.15) is 16.9 Å². The zero-order valence-electron chi connectivity index (χ0n) is 9.52. The Morgan fingerprint density at radius 3 is 2.94 bits per heavy atom. The van der Waals surface area contributed by atoms with Crippen LogP contribution in [-0.2, 0) is 4.79 Å². The molecule has 0 radical (unpaired) electrons. The quantitative estimate of drug-likeness (QED) is 0.621. The molecule has 0 N–H and O–H groups in total. The van der Waals surface area contributed by atoms with E-state index in [1.54, 1.807) is 11.3 Å². The monoisotopic (exact) mass is 267 g/mol.